The first-order valence-electron chi connectivity index (χ1n) is 9.04. The third kappa shape index (κ3) is 5.07. The fourth-order valence-electron chi connectivity index (χ4n) is 3.28. The smallest absolute Gasteiger partial charge is 0.0737 e. The largest absolute Gasteiger partial charge is 0.383 e. The Bertz CT molecular complexity index is 638. The topological polar surface area (TPSA) is 40.2 Å². The maximum Gasteiger partial charge on any atom is 0.0737 e. The Balaban J connectivity index is 1.39. The van der Waals surface area contributed by atoms with Crippen LogP contribution >= 0.6 is 11.6 Å². The Labute approximate surface area is 149 Å². The van der Waals surface area contributed by atoms with E-state index in [1.807, 2.05) is 30.5 Å². The van der Waals surface area contributed by atoms with Crippen molar-refractivity contribution in [3.8, 4) is 0 Å². The van der Waals surface area contributed by atoms with Gasteiger partial charge in [-0.3, -0.25) is 4.98 Å². The van der Waals surface area contributed by atoms with E-state index in [1.165, 1.54) is 38.8 Å². The van der Waals surface area contributed by atoms with Crippen molar-refractivity contribution in [3.05, 3.63) is 35.5 Å². The second kappa shape index (κ2) is 9.21. The summed E-state index contributed by atoms with van der Waals surface area (Å²) in [6.45, 7) is 6.63. The quantitative estimate of drug-likeness (QED) is 0.749. The molecule has 0 amide bonds. The summed E-state index contributed by atoms with van der Waals surface area (Å²) in [6, 6.07) is 7.87. The number of rotatable bonds is 7. The number of pyridine rings is 1. The molecule has 0 saturated carbocycles. The first-order valence-corrected chi connectivity index (χ1v) is 9.42. The number of hydrogen-bond donors (Lipinski definition) is 2. The van der Waals surface area contributed by atoms with Gasteiger partial charge in [-0.15, -0.1) is 0 Å². The summed E-state index contributed by atoms with van der Waals surface area (Å²) in [5.41, 5.74) is 2.05. The number of nitrogens with zero attached hydrogens (tertiary/aromatic N) is 2. The van der Waals surface area contributed by atoms with Gasteiger partial charge in [-0.1, -0.05) is 24.4 Å². The molecule has 1 saturated heterocycles. The van der Waals surface area contributed by atoms with Gasteiger partial charge in [0.05, 0.1) is 5.52 Å². The molecule has 2 heterocycles. The summed E-state index contributed by atoms with van der Waals surface area (Å²) in [7, 11) is 0. The zero-order valence-electron chi connectivity index (χ0n) is 14.2. The van der Waals surface area contributed by atoms with Gasteiger partial charge in [0.1, 0.15) is 0 Å². The SMILES string of the molecule is Clc1ccc2c(NCCNCCN3CCCCCC3)ccnc2c1. The molecule has 1 fully saturated rings. The van der Waals surface area contributed by atoms with E-state index in [0.29, 0.717) is 0 Å². The van der Waals surface area contributed by atoms with Crippen LogP contribution in [-0.4, -0.2) is 49.2 Å². The average molecular weight is 347 g/mol. The van der Waals surface area contributed by atoms with Gasteiger partial charge in [-0.05, 0) is 50.2 Å². The number of fused-ring (bicyclic) bond motifs is 1. The van der Waals surface area contributed by atoms with Crippen LogP contribution in [0.1, 0.15) is 25.7 Å². The average Bonchev–Trinajstić information content (AvgIpc) is 2.86. The van der Waals surface area contributed by atoms with Crippen LogP contribution in [0.2, 0.25) is 5.02 Å². The van der Waals surface area contributed by atoms with Gasteiger partial charge >= 0.3 is 0 Å². The van der Waals surface area contributed by atoms with Gasteiger partial charge in [0.15, 0.2) is 0 Å². The van der Waals surface area contributed by atoms with E-state index in [9.17, 15) is 0 Å². The normalized spacial score (nSPS) is 16.2. The van der Waals surface area contributed by atoms with E-state index in [0.717, 1.165) is 47.8 Å². The fourth-order valence-corrected chi connectivity index (χ4v) is 3.45. The number of nitrogens with one attached hydrogen (secondary N) is 2. The van der Waals surface area contributed by atoms with Crippen LogP contribution in [0, 0.1) is 0 Å². The molecule has 2 aromatic rings. The lowest BCUT2D eigenvalue weighted by atomic mass is 10.2. The second-order valence-electron chi connectivity index (χ2n) is 6.45. The first kappa shape index (κ1) is 17.5. The lowest BCUT2D eigenvalue weighted by molar-refractivity contribution is 0.285. The molecule has 2 N–H and O–H groups in total. The lowest BCUT2D eigenvalue weighted by Gasteiger charge is -2.19. The van der Waals surface area contributed by atoms with Crippen LogP contribution in [0.5, 0.6) is 0 Å². The lowest BCUT2D eigenvalue weighted by Crippen LogP contribution is -2.34. The molecular weight excluding hydrogens is 320 g/mol. The minimum absolute atomic E-state index is 0.724. The van der Waals surface area contributed by atoms with Crippen LogP contribution in [0.4, 0.5) is 5.69 Å². The molecule has 0 spiro atoms. The minimum atomic E-state index is 0.724. The zero-order chi connectivity index (χ0) is 16.6. The molecule has 1 aromatic heterocycles. The van der Waals surface area contributed by atoms with E-state index in [-0.39, 0.29) is 0 Å². The number of anilines is 1. The summed E-state index contributed by atoms with van der Waals surface area (Å²) in [4.78, 5) is 6.97. The van der Waals surface area contributed by atoms with Gasteiger partial charge in [-0.25, -0.2) is 0 Å². The van der Waals surface area contributed by atoms with E-state index in [2.05, 4.69) is 20.5 Å². The third-order valence-electron chi connectivity index (χ3n) is 4.63. The molecule has 130 valence electrons. The Morgan fingerprint density at radius 3 is 2.67 bits per heavy atom. The maximum absolute atomic E-state index is 6.03. The highest BCUT2D eigenvalue weighted by atomic mass is 35.5. The molecule has 3 rings (SSSR count). The molecule has 1 aromatic carbocycles. The van der Waals surface area contributed by atoms with Gasteiger partial charge in [-0.2, -0.15) is 0 Å². The van der Waals surface area contributed by atoms with Crippen molar-refractivity contribution in [2.45, 2.75) is 25.7 Å². The number of hydrogen-bond acceptors (Lipinski definition) is 4. The Hall–Kier alpha value is -1.36. The minimum Gasteiger partial charge on any atom is -0.383 e. The van der Waals surface area contributed by atoms with Crippen LogP contribution in [0.15, 0.2) is 30.5 Å². The van der Waals surface area contributed by atoms with Gasteiger partial charge in [0.2, 0.25) is 0 Å². The Kier molecular flexibility index (Phi) is 6.70. The molecule has 0 atom stereocenters. The van der Waals surface area contributed by atoms with Crippen LogP contribution in [0.3, 0.4) is 0 Å². The molecule has 24 heavy (non-hydrogen) atoms. The summed E-state index contributed by atoms with van der Waals surface area (Å²) >= 11 is 6.03. The highest BCUT2D eigenvalue weighted by molar-refractivity contribution is 6.31. The highest BCUT2D eigenvalue weighted by Crippen LogP contribution is 2.24. The van der Waals surface area contributed by atoms with Gasteiger partial charge < -0.3 is 15.5 Å². The van der Waals surface area contributed by atoms with Crippen molar-refractivity contribution in [1.29, 1.82) is 0 Å². The highest BCUT2D eigenvalue weighted by Gasteiger charge is 2.07. The van der Waals surface area contributed by atoms with Gasteiger partial charge in [0.25, 0.3) is 0 Å². The molecule has 1 aliphatic heterocycles. The van der Waals surface area contributed by atoms with Crippen molar-refractivity contribution in [3.63, 3.8) is 0 Å². The van der Waals surface area contributed by atoms with Crippen LogP contribution < -0.4 is 10.6 Å². The fraction of sp³-hybridized carbons (Fsp3) is 0.526. The maximum atomic E-state index is 6.03. The molecule has 0 unspecified atom stereocenters. The zero-order valence-corrected chi connectivity index (χ0v) is 15.0. The van der Waals surface area contributed by atoms with E-state index < -0.39 is 0 Å². The molecule has 0 radical (unpaired) electrons. The summed E-state index contributed by atoms with van der Waals surface area (Å²) in [5.74, 6) is 0. The van der Waals surface area contributed by atoms with Crippen molar-refractivity contribution in [1.82, 2.24) is 15.2 Å². The molecule has 5 heteroatoms. The molecule has 1 aliphatic rings. The van der Waals surface area contributed by atoms with Crippen molar-refractivity contribution < 1.29 is 0 Å². The predicted molar refractivity (Wildman–Crippen MR) is 103 cm³/mol. The van der Waals surface area contributed by atoms with Crippen molar-refractivity contribution >= 4 is 28.2 Å². The Morgan fingerprint density at radius 2 is 1.83 bits per heavy atom. The predicted octanol–water partition coefficient (Wildman–Crippen LogP) is 3.77. The molecule has 0 aliphatic carbocycles. The summed E-state index contributed by atoms with van der Waals surface area (Å²) < 4.78 is 0. The summed E-state index contributed by atoms with van der Waals surface area (Å²) in [6.07, 6.45) is 7.35. The van der Waals surface area contributed by atoms with Crippen molar-refractivity contribution in [2.24, 2.45) is 0 Å². The first-order chi connectivity index (χ1) is 11.8. The van der Waals surface area contributed by atoms with E-state index in [4.69, 9.17) is 11.6 Å². The number of benzene rings is 1. The summed E-state index contributed by atoms with van der Waals surface area (Å²) in [5, 5.41) is 8.88. The van der Waals surface area contributed by atoms with Crippen LogP contribution in [-0.2, 0) is 0 Å². The number of likely N-dealkylation sites (tertiary alicyclic amines) is 1. The second-order valence-corrected chi connectivity index (χ2v) is 6.89. The monoisotopic (exact) mass is 346 g/mol. The van der Waals surface area contributed by atoms with Crippen molar-refractivity contribution in [2.75, 3.05) is 44.6 Å². The third-order valence-corrected chi connectivity index (χ3v) is 4.86. The number of aromatic nitrogens is 1. The van der Waals surface area contributed by atoms with Gasteiger partial charge in [0, 0.05) is 48.5 Å². The molecular formula is C19H27ClN4. The van der Waals surface area contributed by atoms with E-state index >= 15 is 0 Å². The van der Waals surface area contributed by atoms with E-state index in [1.54, 1.807) is 0 Å². The Morgan fingerprint density at radius 1 is 1.00 bits per heavy atom. The number of halogens is 1. The van der Waals surface area contributed by atoms with Crippen LogP contribution in [0.25, 0.3) is 10.9 Å². The standard InChI is InChI=1S/C19H27ClN4/c20-16-5-6-17-18(7-8-22-19(17)15-16)23-10-9-21-11-14-24-12-3-1-2-4-13-24/h5-8,15,21H,1-4,9-14H2,(H,22,23). The molecule has 4 nitrogen and oxygen atoms in total. The molecule has 0 bridgehead atoms.